The van der Waals surface area contributed by atoms with Crippen LogP contribution in [0.5, 0.6) is 0 Å². The minimum atomic E-state index is -0.160. The Morgan fingerprint density at radius 1 is 1.17 bits per heavy atom. The molecule has 0 saturated heterocycles. The van der Waals surface area contributed by atoms with E-state index in [2.05, 4.69) is 20.7 Å². The van der Waals surface area contributed by atoms with Gasteiger partial charge in [-0.3, -0.25) is 9.59 Å². The van der Waals surface area contributed by atoms with Crippen LogP contribution in [-0.2, 0) is 16.0 Å². The van der Waals surface area contributed by atoms with Gasteiger partial charge in [0.05, 0.1) is 12.2 Å². The summed E-state index contributed by atoms with van der Waals surface area (Å²) in [6.45, 7) is 8.49. The number of aromatic nitrogens is 3. The van der Waals surface area contributed by atoms with E-state index in [4.69, 9.17) is 0 Å². The van der Waals surface area contributed by atoms with Crippen LogP contribution >= 0.6 is 0 Å². The number of amides is 2. The number of nitrogens with one attached hydrogen (secondary N) is 2. The molecule has 2 N–H and O–H groups in total. The molecule has 2 aromatic heterocycles. The summed E-state index contributed by atoms with van der Waals surface area (Å²) in [6, 6.07) is 1.94. The van der Waals surface area contributed by atoms with Crippen molar-refractivity contribution in [2.45, 2.75) is 47.0 Å². The minimum Gasteiger partial charge on any atom is -0.355 e. The Morgan fingerprint density at radius 2 is 1.92 bits per heavy atom. The molecule has 7 nitrogen and oxygen atoms in total. The first-order chi connectivity index (χ1) is 11.4. The number of nitrogens with zero attached hydrogens (tertiary/aromatic N) is 3. The lowest BCUT2D eigenvalue weighted by Crippen LogP contribution is -2.37. The van der Waals surface area contributed by atoms with Crippen molar-refractivity contribution in [3.63, 3.8) is 0 Å². The zero-order valence-corrected chi connectivity index (χ0v) is 14.8. The van der Waals surface area contributed by atoms with Crippen LogP contribution in [0, 0.1) is 20.8 Å². The molecule has 0 saturated carbocycles. The van der Waals surface area contributed by atoms with Gasteiger partial charge in [-0.05, 0) is 39.2 Å². The summed E-state index contributed by atoms with van der Waals surface area (Å²) in [5.41, 5.74) is 4.67. The van der Waals surface area contributed by atoms with Gasteiger partial charge in [-0.1, -0.05) is 6.92 Å². The van der Waals surface area contributed by atoms with Gasteiger partial charge >= 0.3 is 0 Å². The van der Waals surface area contributed by atoms with E-state index in [1.807, 2.05) is 38.3 Å². The summed E-state index contributed by atoms with van der Waals surface area (Å²) in [5.74, 6) is -0.301. The highest BCUT2D eigenvalue weighted by molar-refractivity contribution is 5.84. The number of hydrogen-bond donors (Lipinski definition) is 2. The average molecular weight is 331 g/mol. The first-order valence-corrected chi connectivity index (χ1v) is 8.28. The summed E-state index contributed by atoms with van der Waals surface area (Å²) in [6.07, 6.45) is 1.76. The maximum absolute atomic E-state index is 12.0. The van der Waals surface area contributed by atoms with E-state index < -0.39 is 0 Å². The normalized spacial score (nSPS) is 10.8. The lowest BCUT2D eigenvalue weighted by Gasteiger charge is -2.11. The molecule has 2 heterocycles. The molecular formula is C17H25N5O2. The number of carbonyl (C=O) groups excluding carboxylic acids is 2. The zero-order chi connectivity index (χ0) is 17.7. The number of carbonyl (C=O) groups is 2. The van der Waals surface area contributed by atoms with Crippen molar-refractivity contribution in [3.05, 3.63) is 28.7 Å². The van der Waals surface area contributed by atoms with Crippen molar-refractivity contribution >= 4 is 17.5 Å². The molecule has 7 heteroatoms. The summed E-state index contributed by atoms with van der Waals surface area (Å²) < 4.78 is 1.81. The molecule has 0 unspecified atom stereocenters. The summed E-state index contributed by atoms with van der Waals surface area (Å²) in [5, 5.41) is 9.81. The van der Waals surface area contributed by atoms with Crippen LogP contribution < -0.4 is 10.6 Å². The lowest BCUT2D eigenvalue weighted by atomic mass is 10.1. The van der Waals surface area contributed by atoms with Crippen LogP contribution in [0.15, 0.2) is 6.07 Å². The fourth-order valence-electron chi connectivity index (χ4n) is 2.64. The molecular weight excluding hydrogens is 306 g/mol. The van der Waals surface area contributed by atoms with Gasteiger partial charge < -0.3 is 10.6 Å². The van der Waals surface area contributed by atoms with Crippen molar-refractivity contribution in [2.24, 2.45) is 0 Å². The smallest absolute Gasteiger partial charge is 0.239 e. The van der Waals surface area contributed by atoms with Crippen LogP contribution in [0.3, 0.4) is 0 Å². The molecule has 0 bridgehead atoms. The maximum atomic E-state index is 12.0. The zero-order valence-electron chi connectivity index (χ0n) is 14.8. The van der Waals surface area contributed by atoms with Gasteiger partial charge in [0.15, 0.2) is 5.65 Å². The van der Waals surface area contributed by atoms with Gasteiger partial charge in [-0.15, -0.1) is 0 Å². The van der Waals surface area contributed by atoms with E-state index in [-0.39, 0.29) is 18.4 Å². The van der Waals surface area contributed by atoms with Gasteiger partial charge in [0, 0.05) is 30.4 Å². The van der Waals surface area contributed by atoms with E-state index in [0.717, 1.165) is 34.7 Å². The molecule has 24 heavy (non-hydrogen) atoms. The number of aryl methyl sites for hydroxylation is 3. The maximum Gasteiger partial charge on any atom is 0.239 e. The quantitative estimate of drug-likeness (QED) is 0.799. The predicted molar refractivity (Wildman–Crippen MR) is 91.8 cm³/mol. The molecule has 0 aliphatic heterocycles. The molecule has 2 rings (SSSR count). The van der Waals surface area contributed by atoms with Crippen LogP contribution in [0.4, 0.5) is 0 Å². The van der Waals surface area contributed by atoms with Crippen molar-refractivity contribution in [3.8, 4) is 0 Å². The Morgan fingerprint density at radius 3 is 2.62 bits per heavy atom. The fraction of sp³-hybridized carbons (Fsp3) is 0.529. The van der Waals surface area contributed by atoms with Crippen molar-refractivity contribution in [1.82, 2.24) is 25.2 Å². The largest absolute Gasteiger partial charge is 0.355 e. The monoisotopic (exact) mass is 331 g/mol. The van der Waals surface area contributed by atoms with Crippen LogP contribution in [0.2, 0.25) is 0 Å². The molecule has 0 aromatic carbocycles. The van der Waals surface area contributed by atoms with Crippen molar-refractivity contribution in [2.75, 3.05) is 13.1 Å². The van der Waals surface area contributed by atoms with E-state index in [0.29, 0.717) is 19.4 Å². The fourth-order valence-corrected chi connectivity index (χ4v) is 2.64. The predicted octanol–water partition coefficient (Wildman–Crippen LogP) is 1.23. The molecule has 0 fully saturated rings. The van der Waals surface area contributed by atoms with Crippen LogP contribution in [0.1, 0.15) is 42.4 Å². The van der Waals surface area contributed by atoms with Gasteiger partial charge in [0.2, 0.25) is 11.8 Å². The third kappa shape index (κ3) is 4.31. The standard InChI is InChI=1S/C17H25N5O2/c1-5-8-18-17(24)10-19-16(23)7-6-14-12(3)20-15-9-11(2)21-22(15)13(14)4/h9H,5-8,10H2,1-4H3,(H,18,24)(H,19,23). The number of fused-ring (bicyclic) bond motifs is 1. The Balaban J connectivity index is 1.95. The Bertz CT molecular complexity index is 751. The summed E-state index contributed by atoms with van der Waals surface area (Å²) in [7, 11) is 0. The van der Waals surface area contributed by atoms with Crippen LogP contribution in [0.25, 0.3) is 5.65 Å². The van der Waals surface area contributed by atoms with Crippen molar-refractivity contribution < 1.29 is 9.59 Å². The van der Waals surface area contributed by atoms with Gasteiger partial charge in [0.25, 0.3) is 0 Å². The Hall–Kier alpha value is -2.44. The highest BCUT2D eigenvalue weighted by Crippen LogP contribution is 2.16. The SMILES string of the molecule is CCCNC(=O)CNC(=O)CCc1c(C)nc2cc(C)nn2c1C. The highest BCUT2D eigenvalue weighted by Gasteiger charge is 2.13. The molecule has 0 radical (unpaired) electrons. The molecule has 130 valence electrons. The summed E-state index contributed by atoms with van der Waals surface area (Å²) in [4.78, 5) is 28.0. The molecule has 0 atom stereocenters. The second-order valence-corrected chi connectivity index (χ2v) is 5.94. The first kappa shape index (κ1) is 17.9. The highest BCUT2D eigenvalue weighted by atomic mass is 16.2. The molecule has 2 aromatic rings. The molecule has 0 aliphatic carbocycles. The Labute approximate surface area is 141 Å². The number of hydrogen-bond acceptors (Lipinski definition) is 4. The topological polar surface area (TPSA) is 88.4 Å². The molecule has 2 amide bonds. The minimum absolute atomic E-state index is 0.0203. The Kier molecular flexibility index (Phi) is 5.89. The van der Waals surface area contributed by atoms with Gasteiger partial charge in [-0.2, -0.15) is 5.10 Å². The summed E-state index contributed by atoms with van der Waals surface area (Å²) >= 11 is 0. The number of rotatable bonds is 7. The third-order valence-corrected chi connectivity index (χ3v) is 3.91. The lowest BCUT2D eigenvalue weighted by molar-refractivity contribution is -0.126. The van der Waals surface area contributed by atoms with Crippen LogP contribution in [-0.4, -0.2) is 39.5 Å². The molecule has 0 aliphatic rings. The van der Waals surface area contributed by atoms with E-state index in [1.54, 1.807) is 0 Å². The van der Waals surface area contributed by atoms with E-state index >= 15 is 0 Å². The first-order valence-electron chi connectivity index (χ1n) is 8.28. The van der Waals surface area contributed by atoms with Gasteiger partial charge in [0.1, 0.15) is 0 Å². The van der Waals surface area contributed by atoms with E-state index in [9.17, 15) is 9.59 Å². The van der Waals surface area contributed by atoms with E-state index in [1.165, 1.54) is 0 Å². The second kappa shape index (κ2) is 7.90. The second-order valence-electron chi connectivity index (χ2n) is 5.94. The van der Waals surface area contributed by atoms with Crippen molar-refractivity contribution in [1.29, 1.82) is 0 Å². The average Bonchev–Trinajstić information content (AvgIpc) is 2.91. The third-order valence-electron chi connectivity index (χ3n) is 3.91. The van der Waals surface area contributed by atoms with Gasteiger partial charge in [-0.25, -0.2) is 9.50 Å². The molecule has 0 spiro atoms.